The van der Waals surface area contributed by atoms with Gasteiger partial charge in [-0.15, -0.1) is 0 Å². The minimum absolute atomic E-state index is 0.257. The Morgan fingerprint density at radius 2 is 1.79 bits per heavy atom. The topological polar surface area (TPSA) is 157 Å². The summed E-state index contributed by atoms with van der Waals surface area (Å²) in [5.41, 5.74) is 0. The van der Waals surface area contributed by atoms with Gasteiger partial charge in [0.05, 0.1) is 12.6 Å². The van der Waals surface area contributed by atoms with Crippen LogP contribution in [0.5, 0.6) is 0 Å². The summed E-state index contributed by atoms with van der Waals surface area (Å²) in [6.07, 6.45) is 2.60. The molecule has 2 rings (SSSR count). The SMILES string of the molecule is C[C@H](NC(=O)[C@@H]1CCCN1)C(=O)NCC(=O)N[C@@H](C)C(=O)N1CCC[C@H]1C(=O)O. The van der Waals surface area contributed by atoms with Crippen molar-refractivity contribution >= 4 is 29.6 Å². The molecule has 162 valence electrons. The third kappa shape index (κ3) is 6.14. The number of hydrogen-bond acceptors (Lipinski definition) is 6. The lowest BCUT2D eigenvalue weighted by Crippen LogP contribution is -2.53. The second-order valence-corrected chi connectivity index (χ2v) is 7.41. The molecule has 0 saturated carbocycles. The van der Waals surface area contributed by atoms with Gasteiger partial charge >= 0.3 is 5.97 Å². The van der Waals surface area contributed by atoms with Crippen LogP contribution in [0.3, 0.4) is 0 Å². The maximum absolute atomic E-state index is 12.4. The molecular formula is C18H29N5O6. The number of nitrogens with zero attached hydrogens (tertiary/aromatic N) is 1. The van der Waals surface area contributed by atoms with E-state index >= 15 is 0 Å². The Morgan fingerprint density at radius 3 is 2.41 bits per heavy atom. The van der Waals surface area contributed by atoms with Crippen LogP contribution in [0.25, 0.3) is 0 Å². The molecule has 2 fully saturated rings. The number of nitrogens with one attached hydrogen (secondary N) is 4. The quantitative estimate of drug-likeness (QED) is 0.307. The Bertz CT molecular complexity index is 663. The van der Waals surface area contributed by atoms with Crippen molar-refractivity contribution < 1.29 is 29.1 Å². The fourth-order valence-electron chi connectivity index (χ4n) is 3.50. The van der Waals surface area contributed by atoms with Crippen LogP contribution in [0.15, 0.2) is 0 Å². The van der Waals surface area contributed by atoms with Crippen molar-refractivity contribution in [2.24, 2.45) is 0 Å². The molecule has 0 aromatic rings. The molecule has 2 saturated heterocycles. The van der Waals surface area contributed by atoms with Crippen molar-refractivity contribution in [3.05, 3.63) is 0 Å². The molecule has 2 aliphatic rings. The van der Waals surface area contributed by atoms with Crippen molar-refractivity contribution in [1.82, 2.24) is 26.2 Å². The second-order valence-electron chi connectivity index (χ2n) is 7.41. The van der Waals surface area contributed by atoms with E-state index in [0.29, 0.717) is 25.8 Å². The first kappa shape index (κ1) is 22.6. The monoisotopic (exact) mass is 411 g/mol. The third-order valence-electron chi connectivity index (χ3n) is 5.12. The molecule has 0 aromatic carbocycles. The van der Waals surface area contributed by atoms with Crippen LogP contribution >= 0.6 is 0 Å². The first-order valence-corrected chi connectivity index (χ1v) is 9.84. The molecule has 2 heterocycles. The molecule has 0 radical (unpaired) electrons. The van der Waals surface area contributed by atoms with Gasteiger partial charge in [-0.3, -0.25) is 19.2 Å². The molecule has 0 spiro atoms. The first-order chi connectivity index (χ1) is 13.7. The molecule has 2 aliphatic heterocycles. The maximum Gasteiger partial charge on any atom is 0.326 e. The van der Waals surface area contributed by atoms with E-state index in [2.05, 4.69) is 21.3 Å². The molecular weight excluding hydrogens is 382 g/mol. The Morgan fingerprint density at radius 1 is 1.07 bits per heavy atom. The molecule has 5 N–H and O–H groups in total. The fraction of sp³-hybridized carbons (Fsp3) is 0.722. The molecule has 4 amide bonds. The van der Waals surface area contributed by atoms with Crippen molar-refractivity contribution in [3.8, 4) is 0 Å². The van der Waals surface area contributed by atoms with Gasteiger partial charge in [-0.1, -0.05) is 0 Å². The average molecular weight is 411 g/mol. The van der Waals surface area contributed by atoms with Gasteiger partial charge in [0.2, 0.25) is 23.6 Å². The zero-order valence-corrected chi connectivity index (χ0v) is 16.7. The van der Waals surface area contributed by atoms with Crippen LogP contribution in [0.2, 0.25) is 0 Å². The maximum atomic E-state index is 12.4. The van der Waals surface area contributed by atoms with Gasteiger partial charge in [-0.25, -0.2) is 4.79 Å². The smallest absolute Gasteiger partial charge is 0.326 e. The zero-order chi connectivity index (χ0) is 21.6. The van der Waals surface area contributed by atoms with E-state index in [0.717, 1.165) is 13.0 Å². The van der Waals surface area contributed by atoms with Gasteiger partial charge in [0.1, 0.15) is 18.1 Å². The summed E-state index contributed by atoms with van der Waals surface area (Å²) in [7, 11) is 0. The van der Waals surface area contributed by atoms with Gasteiger partial charge in [-0.2, -0.15) is 0 Å². The molecule has 29 heavy (non-hydrogen) atoms. The standard InChI is InChI=1S/C18H29N5O6/c1-10(22-16(26)12-5-3-7-19-12)15(25)20-9-14(24)21-11(2)17(27)23-8-4-6-13(23)18(28)29/h10-13,19H,3-9H2,1-2H3,(H,20,25)(H,21,24)(H,22,26)(H,28,29)/t10-,11-,12-,13-/m0/s1. The van der Waals surface area contributed by atoms with Crippen LogP contribution in [-0.4, -0.2) is 83.4 Å². The van der Waals surface area contributed by atoms with Crippen molar-refractivity contribution in [2.75, 3.05) is 19.6 Å². The summed E-state index contributed by atoms with van der Waals surface area (Å²) >= 11 is 0. The van der Waals surface area contributed by atoms with E-state index in [4.69, 9.17) is 5.11 Å². The van der Waals surface area contributed by atoms with E-state index in [-0.39, 0.29) is 18.5 Å². The third-order valence-corrected chi connectivity index (χ3v) is 5.12. The highest BCUT2D eigenvalue weighted by Crippen LogP contribution is 2.18. The van der Waals surface area contributed by atoms with E-state index < -0.39 is 41.8 Å². The predicted molar refractivity (Wildman–Crippen MR) is 102 cm³/mol. The van der Waals surface area contributed by atoms with Crippen molar-refractivity contribution in [2.45, 2.75) is 63.7 Å². The Kier molecular flexibility index (Phi) is 7.94. The number of carboxylic acids is 1. The van der Waals surface area contributed by atoms with Crippen LogP contribution in [-0.2, 0) is 24.0 Å². The summed E-state index contributed by atoms with van der Waals surface area (Å²) in [5.74, 6) is -2.89. The summed E-state index contributed by atoms with van der Waals surface area (Å²) in [6.45, 7) is 3.73. The number of aliphatic carboxylic acids is 1. The second kappa shape index (κ2) is 10.2. The molecule has 11 nitrogen and oxygen atoms in total. The van der Waals surface area contributed by atoms with Crippen molar-refractivity contribution in [1.29, 1.82) is 0 Å². The lowest BCUT2D eigenvalue weighted by atomic mass is 10.2. The highest BCUT2D eigenvalue weighted by Gasteiger charge is 2.36. The number of carbonyl (C=O) groups is 5. The molecule has 11 heteroatoms. The number of amides is 4. The zero-order valence-electron chi connectivity index (χ0n) is 16.7. The van der Waals surface area contributed by atoms with Crippen LogP contribution in [0, 0.1) is 0 Å². The molecule has 4 atom stereocenters. The lowest BCUT2D eigenvalue weighted by Gasteiger charge is -2.25. The number of carbonyl (C=O) groups excluding carboxylic acids is 4. The first-order valence-electron chi connectivity index (χ1n) is 9.84. The summed E-state index contributed by atoms with van der Waals surface area (Å²) < 4.78 is 0. The number of likely N-dealkylation sites (tertiary alicyclic amines) is 1. The van der Waals surface area contributed by atoms with Gasteiger partial charge in [0, 0.05) is 6.54 Å². The predicted octanol–water partition coefficient (Wildman–Crippen LogP) is -2.06. The van der Waals surface area contributed by atoms with Crippen LogP contribution in [0.1, 0.15) is 39.5 Å². The van der Waals surface area contributed by atoms with Crippen molar-refractivity contribution in [3.63, 3.8) is 0 Å². The van der Waals surface area contributed by atoms with E-state index in [1.165, 1.54) is 18.7 Å². The Balaban J connectivity index is 1.73. The summed E-state index contributed by atoms with van der Waals surface area (Å²) in [4.78, 5) is 61.0. The highest BCUT2D eigenvalue weighted by molar-refractivity contribution is 5.93. The molecule has 0 aliphatic carbocycles. The van der Waals surface area contributed by atoms with Crippen LogP contribution in [0.4, 0.5) is 0 Å². The normalized spacial score (nSPS) is 23.2. The molecule has 0 unspecified atom stereocenters. The minimum atomic E-state index is -1.06. The Hall–Kier alpha value is -2.69. The van der Waals surface area contributed by atoms with Gasteiger partial charge < -0.3 is 31.3 Å². The molecule has 0 aromatic heterocycles. The molecule has 0 bridgehead atoms. The average Bonchev–Trinajstić information content (AvgIpc) is 3.36. The summed E-state index contributed by atoms with van der Waals surface area (Å²) in [5, 5.41) is 19.7. The number of hydrogen-bond donors (Lipinski definition) is 5. The van der Waals surface area contributed by atoms with Gasteiger partial charge in [0.15, 0.2) is 0 Å². The number of rotatable bonds is 8. The largest absolute Gasteiger partial charge is 0.480 e. The number of carboxylic acid groups (broad SMARTS) is 1. The van der Waals surface area contributed by atoms with E-state index in [1.54, 1.807) is 0 Å². The highest BCUT2D eigenvalue weighted by atomic mass is 16.4. The minimum Gasteiger partial charge on any atom is -0.480 e. The van der Waals surface area contributed by atoms with Crippen LogP contribution < -0.4 is 21.3 Å². The fourth-order valence-corrected chi connectivity index (χ4v) is 3.50. The van der Waals surface area contributed by atoms with Gasteiger partial charge in [0.25, 0.3) is 0 Å². The lowest BCUT2D eigenvalue weighted by molar-refractivity contribution is -0.149. The van der Waals surface area contributed by atoms with Gasteiger partial charge in [-0.05, 0) is 46.1 Å². The van der Waals surface area contributed by atoms with E-state index in [1.807, 2.05) is 0 Å². The van der Waals surface area contributed by atoms with E-state index in [9.17, 15) is 24.0 Å². The Labute approximate surface area is 168 Å². The summed E-state index contributed by atoms with van der Waals surface area (Å²) in [6, 6.07) is -2.90.